The van der Waals surface area contributed by atoms with E-state index in [1.54, 1.807) is 28.9 Å². The van der Waals surface area contributed by atoms with Crippen LogP contribution in [0.3, 0.4) is 0 Å². The Hall–Kier alpha value is -4.26. The smallest absolute Gasteiger partial charge is 0.251 e. The van der Waals surface area contributed by atoms with E-state index in [2.05, 4.69) is 15.7 Å². The average Bonchev–Trinajstić information content (AvgIpc) is 3.26. The van der Waals surface area contributed by atoms with Crippen molar-refractivity contribution in [3.8, 4) is 16.9 Å². The van der Waals surface area contributed by atoms with Crippen molar-refractivity contribution >= 4 is 11.8 Å². The summed E-state index contributed by atoms with van der Waals surface area (Å²) < 4.78 is 15.2. The van der Waals surface area contributed by atoms with Crippen LogP contribution in [0.4, 0.5) is 4.39 Å². The van der Waals surface area contributed by atoms with Gasteiger partial charge in [-0.2, -0.15) is 5.10 Å². The lowest BCUT2D eigenvalue weighted by atomic mass is 10.1. The molecule has 2 N–H and O–H groups in total. The van der Waals surface area contributed by atoms with Crippen LogP contribution < -0.4 is 10.6 Å². The number of nitrogens with zero attached hydrogens (tertiary/aromatic N) is 2. The molecule has 0 unspecified atom stereocenters. The van der Waals surface area contributed by atoms with Crippen LogP contribution >= 0.6 is 0 Å². The molecule has 0 radical (unpaired) electrons. The number of carbonyl (C=O) groups excluding carboxylic acids is 2. The maximum Gasteiger partial charge on any atom is 0.251 e. The van der Waals surface area contributed by atoms with Gasteiger partial charge in [-0.3, -0.25) is 9.59 Å². The molecule has 0 spiro atoms. The van der Waals surface area contributed by atoms with Crippen LogP contribution in [0.15, 0.2) is 79.0 Å². The van der Waals surface area contributed by atoms with Gasteiger partial charge in [-0.1, -0.05) is 35.4 Å². The standard InChI is InChI=1S/C27H25FN4O2/c1-18-12-19(2)14-21(13-18)27(34)30-16-25(33)29-15-22-17-32(24-6-4-3-5-7-24)31-26(22)20-8-10-23(28)11-9-20/h3-14,17H,15-16H2,1-2H3,(H,29,33)(H,30,34). The van der Waals surface area contributed by atoms with E-state index in [9.17, 15) is 14.0 Å². The van der Waals surface area contributed by atoms with Gasteiger partial charge in [-0.05, 0) is 62.4 Å². The lowest BCUT2D eigenvalue weighted by Gasteiger charge is -2.08. The number of hydrogen-bond donors (Lipinski definition) is 2. The van der Waals surface area contributed by atoms with Crippen molar-refractivity contribution in [3.05, 3.63) is 107 Å². The fourth-order valence-corrected chi connectivity index (χ4v) is 3.73. The number of rotatable bonds is 7. The predicted molar refractivity (Wildman–Crippen MR) is 129 cm³/mol. The topological polar surface area (TPSA) is 76.0 Å². The zero-order valence-electron chi connectivity index (χ0n) is 19.0. The second-order valence-electron chi connectivity index (χ2n) is 8.13. The molecule has 7 heteroatoms. The van der Waals surface area contributed by atoms with Gasteiger partial charge in [-0.15, -0.1) is 0 Å². The molecule has 0 atom stereocenters. The van der Waals surface area contributed by atoms with Gasteiger partial charge in [0, 0.05) is 29.4 Å². The Labute approximate surface area is 197 Å². The molecule has 0 fully saturated rings. The molecular formula is C27H25FN4O2. The van der Waals surface area contributed by atoms with Gasteiger partial charge < -0.3 is 10.6 Å². The van der Waals surface area contributed by atoms with Crippen molar-refractivity contribution in [2.45, 2.75) is 20.4 Å². The molecule has 0 aliphatic heterocycles. The summed E-state index contributed by atoms with van der Waals surface area (Å²) in [6.45, 7) is 3.90. The molecule has 1 heterocycles. The van der Waals surface area contributed by atoms with Crippen molar-refractivity contribution in [2.24, 2.45) is 0 Å². The first kappa shape index (κ1) is 22.9. The number of hydrogen-bond acceptors (Lipinski definition) is 3. The van der Waals surface area contributed by atoms with Gasteiger partial charge in [0.05, 0.1) is 17.9 Å². The number of benzene rings is 3. The molecule has 6 nitrogen and oxygen atoms in total. The minimum atomic E-state index is -0.333. The minimum Gasteiger partial charge on any atom is -0.350 e. The summed E-state index contributed by atoms with van der Waals surface area (Å²) in [5, 5.41) is 10.2. The van der Waals surface area contributed by atoms with Crippen LogP contribution in [0.1, 0.15) is 27.0 Å². The van der Waals surface area contributed by atoms with Crippen LogP contribution in [0, 0.1) is 19.7 Å². The third kappa shape index (κ3) is 5.56. The maximum atomic E-state index is 13.4. The Morgan fingerprint density at radius 1 is 0.912 bits per heavy atom. The quantitative estimate of drug-likeness (QED) is 0.434. The van der Waals surface area contributed by atoms with Crippen molar-refractivity contribution < 1.29 is 14.0 Å². The number of aromatic nitrogens is 2. The Kier molecular flexibility index (Phi) is 6.82. The van der Waals surface area contributed by atoms with Gasteiger partial charge in [0.15, 0.2) is 0 Å². The molecule has 3 aromatic carbocycles. The number of halogens is 1. The molecule has 34 heavy (non-hydrogen) atoms. The van der Waals surface area contributed by atoms with Crippen molar-refractivity contribution in [1.82, 2.24) is 20.4 Å². The molecule has 4 rings (SSSR count). The monoisotopic (exact) mass is 456 g/mol. The summed E-state index contributed by atoms with van der Waals surface area (Å²) in [6.07, 6.45) is 1.84. The first-order valence-electron chi connectivity index (χ1n) is 10.9. The lowest BCUT2D eigenvalue weighted by molar-refractivity contribution is -0.120. The highest BCUT2D eigenvalue weighted by Crippen LogP contribution is 2.24. The van der Waals surface area contributed by atoms with E-state index in [0.717, 1.165) is 27.9 Å². The van der Waals surface area contributed by atoms with Gasteiger partial charge in [-0.25, -0.2) is 9.07 Å². The first-order chi connectivity index (χ1) is 16.4. The summed E-state index contributed by atoms with van der Waals surface area (Å²) >= 11 is 0. The summed E-state index contributed by atoms with van der Waals surface area (Å²) in [5.74, 6) is -0.957. The Morgan fingerprint density at radius 2 is 1.59 bits per heavy atom. The average molecular weight is 457 g/mol. The molecule has 0 saturated heterocycles. The van der Waals surface area contributed by atoms with Gasteiger partial charge >= 0.3 is 0 Å². The highest BCUT2D eigenvalue weighted by molar-refractivity contribution is 5.96. The van der Waals surface area contributed by atoms with E-state index >= 15 is 0 Å². The summed E-state index contributed by atoms with van der Waals surface area (Å²) in [6, 6.07) is 21.2. The molecule has 0 aliphatic carbocycles. The molecular weight excluding hydrogens is 431 g/mol. The summed E-state index contributed by atoms with van der Waals surface area (Å²) in [7, 11) is 0. The number of aryl methyl sites for hydroxylation is 2. The minimum absolute atomic E-state index is 0.148. The van der Waals surface area contributed by atoms with E-state index in [1.807, 2.05) is 56.4 Å². The van der Waals surface area contributed by atoms with E-state index in [0.29, 0.717) is 11.3 Å². The van der Waals surface area contributed by atoms with Gasteiger partial charge in [0.1, 0.15) is 5.82 Å². The fourth-order valence-electron chi connectivity index (χ4n) is 3.73. The molecule has 0 saturated carbocycles. The maximum absolute atomic E-state index is 13.4. The zero-order chi connectivity index (χ0) is 24.1. The molecule has 2 amide bonds. The molecule has 172 valence electrons. The first-order valence-corrected chi connectivity index (χ1v) is 10.9. The zero-order valence-corrected chi connectivity index (χ0v) is 19.0. The Bertz CT molecular complexity index is 1290. The molecule has 0 bridgehead atoms. The molecule has 0 aliphatic rings. The Balaban J connectivity index is 1.46. The van der Waals surface area contributed by atoms with Gasteiger partial charge in [0.2, 0.25) is 5.91 Å². The predicted octanol–water partition coefficient (Wildman–Crippen LogP) is 4.34. The highest BCUT2D eigenvalue weighted by atomic mass is 19.1. The van der Waals surface area contributed by atoms with Crippen molar-refractivity contribution in [3.63, 3.8) is 0 Å². The van der Waals surface area contributed by atoms with E-state index in [1.165, 1.54) is 12.1 Å². The lowest BCUT2D eigenvalue weighted by Crippen LogP contribution is -2.36. The third-order valence-corrected chi connectivity index (χ3v) is 5.30. The number of carbonyl (C=O) groups is 2. The Morgan fingerprint density at radius 3 is 2.26 bits per heavy atom. The molecule has 4 aromatic rings. The molecule has 1 aromatic heterocycles. The van der Waals surface area contributed by atoms with Crippen LogP contribution in [0.25, 0.3) is 16.9 Å². The van der Waals surface area contributed by atoms with Crippen LogP contribution in [0.5, 0.6) is 0 Å². The number of amides is 2. The van der Waals surface area contributed by atoms with Crippen molar-refractivity contribution in [2.75, 3.05) is 6.54 Å². The largest absolute Gasteiger partial charge is 0.350 e. The normalized spacial score (nSPS) is 10.7. The fraction of sp³-hybridized carbons (Fsp3) is 0.148. The van der Waals surface area contributed by atoms with E-state index in [4.69, 9.17) is 0 Å². The van der Waals surface area contributed by atoms with Crippen LogP contribution in [-0.2, 0) is 11.3 Å². The van der Waals surface area contributed by atoms with Crippen LogP contribution in [0.2, 0.25) is 0 Å². The summed E-state index contributed by atoms with van der Waals surface area (Å²) in [5.41, 5.74) is 5.50. The van der Waals surface area contributed by atoms with Gasteiger partial charge in [0.25, 0.3) is 5.91 Å². The van der Waals surface area contributed by atoms with E-state index in [-0.39, 0.29) is 30.7 Å². The van der Waals surface area contributed by atoms with Crippen LogP contribution in [-0.4, -0.2) is 28.1 Å². The second-order valence-corrected chi connectivity index (χ2v) is 8.13. The third-order valence-electron chi connectivity index (χ3n) is 5.30. The van der Waals surface area contributed by atoms with E-state index < -0.39 is 0 Å². The highest BCUT2D eigenvalue weighted by Gasteiger charge is 2.14. The second kappa shape index (κ2) is 10.1. The summed E-state index contributed by atoms with van der Waals surface area (Å²) in [4.78, 5) is 24.9. The van der Waals surface area contributed by atoms with Crippen molar-refractivity contribution in [1.29, 1.82) is 0 Å². The number of para-hydroxylation sites is 1. The SMILES string of the molecule is Cc1cc(C)cc(C(=O)NCC(=O)NCc2cn(-c3ccccc3)nc2-c2ccc(F)cc2)c1. The number of nitrogens with one attached hydrogen (secondary N) is 2.